The van der Waals surface area contributed by atoms with Crippen LogP contribution in [0.2, 0.25) is 10.0 Å². The fourth-order valence-corrected chi connectivity index (χ4v) is 2.31. The van der Waals surface area contributed by atoms with Crippen LogP contribution in [0.25, 0.3) is 0 Å². The Balaban J connectivity index is 2.86. The predicted octanol–water partition coefficient (Wildman–Crippen LogP) is 4.39. The van der Waals surface area contributed by atoms with E-state index in [1.54, 1.807) is 18.2 Å². The Bertz CT molecular complexity index is 360. The fourth-order valence-electron chi connectivity index (χ4n) is 0.922. The van der Waals surface area contributed by atoms with Crippen LogP contribution in [-0.4, -0.2) is 5.25 Å². The van der Waals surface area contributed by atoms with Crippen molar-refractivity contribution in [3.8, 4) is 6.07 Å². The summed E-state index contributed by atoms with van der Waals surface area (Å²) in [5.41, 5.74) is 0. The lowest BCUT2D eigenvalue weighted by atomic mass is 10.3. The molecule has 1 atom stereocenters. The standard InChI is InChI=1S/C10H9Cl2NS/c1-2-8(6-13)14-10-5-7(11)3-4-9(10)12/h3-5,8H,2H2,1H3. The van der Waals surface area contributed by atoms with Crippen molar-refractivity contribution < 1.29 is 0 Å². The van der Waals surface area contributed by atoms with Gasteiger partial charge in [0, 0.05) is 9.92 Å². The summed E-state index contributed by atoms with van der Waals surface area (Å²) in [5.74, 6) is 0. The molecule has 0 N–H and O–H groups in total. The topological polar surface area (TPSA) is 23.8 Å². The summed E-state index contributed by atoms with van der Waals surface area (Å²) in [4.78, 5) is 0.868. The Labute approximate surface area is 98.0 Å². The third-order valence-corrected chi connectivity index (χ3v) is 3.67. The van der Waals surface area contributed by atoms with E-state index in [1.807, 2.05) is 6.92 Å². The van der Waals surface area contributed by atoms with E-state index >= 15 is 0 Å². The zero-order valence-corrected chi connectivity index (χ0v) is 9.96. The lowest BCUT2D eigenvalue weighted by Gasteiger charge is -2.07. The van der Waals surface area contributed by atoms with Crippen molar-refractivity contribution in [1.29, 1.82) is 5.26 Å². The average Bonchev–Trinajstić information content (AvgIpc) is 2.19. The lowest BCUT2D eigenvalue weighted by Crippen LogP contribution is -1.95. The van der Waals surface area contributed by atoms with Crippen molar-refractivity contribution >= 4 is 35.0 Å². The summed E-state index contributed by atoms with van der Waals surface area (Å²) in [6.07, 6.45) is 0.796. The first-order chi connectivity index (χ1) is 6.67. The maximum Gasteiger partial charge on any atom is 0.0961 e. The van der Waals surface area contributed by atoms with Gasteiger partial charge in [-0.25, -0.2) is 0 Å². The summed E-state index contributed by atoms with van der Waals surface area (Å²) in [6.45, 7) is 1.97. The van der Waals surface area contributed by atoms with Crippen LogP contribution in [0.1, 0.15) is 13.3 Å². The molecule has 1 aromatic rings. The molecule has 0 aromatic heterocycles. The molecule has 1 nitrogen and oxygen atoms in total. The highest BCUT2D eigenvalue weighted by Crippen LogP contribution is 2.33. The van der Waals surface area contributed by atoms with E-state index in [0.717, 1.165) is 11.3 Å². The highest BCUT2D eigenvalue weighted by atomic mass is 35.5. The molecule has 14 heavy (non-hydrogen) atoms. The molecule has 0 aliphatic carbocycles. The number of benzene rings is 1. The Morgan fingerprint density at radius 1 is 1.50 bits per heavy atom. The van der Waals surface area contributed by atoms with Gasteiger partial charge in [0.15, 0.2) is 0 Å². The number of hydrogen-bond acceptors (Lipinski definition) is 2. The molecule has 0 radical (unpaired) electrons. The molecule has 0 saturated heterocycles. The first-order valence-electron chi connectivity index (χ1n) is 4.18. The minimum atomic E-state index is -0.0639. The van der Waals surface area contributed by atoms with Crippen LogP contribution >= 0.6 is 35.0 Å². The molecule has 1 unspecified atom stereocenters. The number of nitrogens with zero attached hydrogens (tertiary/aromatic N) is 1. The molecule has 1 rings (SSSR count). The number of nitriles is 1. The highest BCUT2D eigenvalue weighted by molar-refractivity contribution is 8.00. The fraction of sp³-hybridized carbons (Fsp3) is 0.300. The molecule has 74 valence electrons. The van der Waals surface area contributed by atoms with E-state index in [4.69, 9.17) is 28.5 Å². The summed E-state index contributed by atoms with van der Waals surface area (Å²) in [5, 5.41) is 10.0. The van der Waals surface area contributed by atoms with Crippen molar-refractivity contribution in [2.45, 2.75) is 23.5 Å². The normalized spacial score (nSPS) is 12.1. The van der Waals surface area contributed by atoms with Gasteiger partial charge >= 0.3 is 0 Å². The van der Waals surface area contributed by atoms with E-state index in [0.29, 0.717) is 10.0 Å². The lowest BCUT2D eigenvalue weighted by molar-refractivity contribution is 0.985. The Morgan fingerprint density at radius 2 is 2.21 bits per heavy atom. The van der Waals surface area contributed by atoms with Crippen LogP contribution in [0.4, 0.5) is 0 Å². The second-order valence-corrected chi connectivity index (χ2v) is 4.81. The molecule has 0 aliphatic heterocycles. The van der Waals surface area contributed by atoms with Crippen molar-refractivity contribution in [3.05, 3.63) is 28.2 Å². The molecule has 0 amide bonds. The minimum absolute atomic E-state index is 0.0639. The van der Waals surface area contributed by atoms with E-state index < -0.39 is 0 Å². The Kier molecular flexibility index (Phi) is 4.60. The zero-order valence-electron chi connectivity index (χ0n) is 7.63. The second kappa shape index (κ2) is 5.50. The van der Waals surface area contributed by atoms with Gasteiger partial charge in [-0.1, -0.05) is 30.1 Å². The first-order valence-corrected chi connectivity index (χ1v) is 5.82. The maximum absolute atomic E-state index is 8.80. The second-order valence-electron chi connectivity index (χ2n) is 2.72. The third-order valence-electron chi connectivity index (χ3n) is 1.68. The van der Waals surface area contributed by atoms with Gasteiger partial charge in [-0.3, -0.25) is 0 Å². The van der Waals surface area contributed by atoms with Crippen LogP contribution in [0.15, 0.2) is 23.1 Å². The highest BCUT2D eigenvalue weighted by Gasteiger charge is 2.09. The SMILES string of the molecule is CCC(C#N)Sc1cc(Cl)ccc1Cl. The number of halogens is 2. The van der Waals surface area contributed by atoms with E-state index in [9.17, 15) is 0 Å². The van der Waals surface area contributed by atoms with Crippen LogP contribution in [0.3, 0.4) is 0 Å². The third kappa shape index (κ3) is 3.09. The molecular weight excluding hydrogens is 237 g/mol. The molecule has 4 heteroatoms. The summed E-state index contributed by atoms with van der Waals surface area (Å²) < 4.78 is 0. The maximum atomic E-state index is 8.80. The zero-order chi connectivity index (χ0) is 10.6. The molecule has 0 fully saturated rings. The van der Waals surface area contributed by atoms with Crippen molar-refractivity contribution in [3.63, 3.8) is 0 Å². The van der Waals surface area contributed by atoms with E-state index in [1.165, 1.54) is 11.8 Å². The van der Waals surface area contributed by atoms with Gasteiger partial charge < -0.3 is 0 Å². The van der Waals surface area contributed by atoms with Crippen LogP contribution in [0, 0.1) is 11.3 Å². The smallest absolute Gasteiger partial charge is 0.0961 e. The minimum Gasteiger partial charge on any atom is -0.197 e. The predicted molar refractivity (Wildman–Crippen MR) is 62.0 cm³/mol. The van der Waals surface area contributed by atoms with E-state index in [-0.39, 0.29) is 5.25 Å². The monoisotopic (exact) mass is 245 g/mol. The van der Waals surface area contributed by atoms with Crippen molar-refractivity contribution in [2.24, 2.45) is 0 Å². The van der Waals surface area contributed by atoms with Gasteiger partial charge in [-0.05, 0) is 24.6 Å². The molecular formula is C10H9Cl2NS. The van der Waals surface area contributed by atoms with Gasteiger partial charge in [0.1, 0.15) is 0 Å². The van der Waals surface area contributed by atoms with Gasteiger partial charge in [0.05, 0.1) is 16.3 Å². The van der Waals surface area contributed by atoms with Crippen molar-refractivity contribution in [1.82, 2.24) is 0 Å². The largest absolute Gasteiger partial charge is 0.197 e. The van der Waals surface area contributed by atoms with Crippen LogP contribution < -0.4 is 0 Å². The average molecular weight is 246 g/mol. The summed E-state index contributed by atoms with van der Waals surface area (Å²) in [6, 6.07) is 7.48. The van der Waals surface area contributed by atoms with Gasteiger partial charge in [0.2, 0.25) is 0 Å². The molecule has 1 aromatic carbocycles. The Morgan fingerprint density at radius 3 is 2.79 bits per heavy atom. The number of rotatable bonds is 3. The van der Waals surface area contributed by atoms with Crippen LogP contribution in [-0.2, 0) is 0 Å². The number of thioether (sulfide) groups is 1. The van der Waals surface area contributed by atoms with E-state index in [2.05, 4.69) is 6.07 Å². The van der Waals surface area contributed by atoms with Gasteiger partial charge in [0.25, 0.3) is 0 Å². The number of hydrogen-bond donors (Lipinski definition) is 0. The molecule has 0 aliphatic rings. The van der Waals surface area contributed by atoms with Gasteiger partial charge in [-0.2, -0.15) is 5.26 Å². The molecule has 0 saturated carbocycles. The molecule has 0 heterocycles. The van der Waals surface area contributed by atoms with Crippen LogP contribution in [0.5, 0.6) is 0 Å². The quantitative estimate of drug-likeness (QED) is 0.738. The first kappa shape index (κ1) is 11.7. The molecule has 0 spiro atoms. The Hall–Kier alpha value is -0.360. The summed E-state index contributed by atoms with van der Waals surface area (Å²) >= 11 is 13.2. The van der Waals surface area contributed by atoms with Gasteiger partial charge in [-0.15, -0.1) is 11.8 Å². The molecule has 0 bridgehead atoms. The van der Waals surface area contributed by atoms with Crippen molar-refractivity contribution in [2.75, 3.05) is 0 Å². The summed E-state index contributed by atoms with van der Waals surface area (Å²) in [7, 11) is 0.